The van der Waals surface area contributed by atoms with Crippen LogP contribution in [0.3, 0.4) is 0 Å². The number of rotatable bonds is 4. The zero-order valence-corrected chi connectivity index (χ0v) is 12.1. The Morgan fingerprint density at radius 1 is 1.05 bits per heavy atom. The van der Waals surface area contributed by atoms with E-state index in [9.17, 15) is 9.18 Å². The first-order valence-electron chi connectivity index (χ1n) is 6.34. The lowest BCUT2D eigenvalue weighted by Gasteiger charge is -2.13. The van der Waals surface area contributed by atoms with E-state index in [2.05, 4.69) is 5.32 Å². The zero-order valence-electron chi connectivity index (χ0n) is 12.1. The first-order valence-corrected chi connectivity index (χ1v) is 6.34. The fraction of sp³-hybridized carbons (Fsp3) is 0.188. The van der Waals surface area contributed by atoms with Gasteiger partial charge in [0.05, 0.1) is 14.2 Å². The highest BCUT2D eigenvalue weighted by Gasteiger charge is 2.14. The maximum absolute atomic E-state index is 12.9. The Labute approximate surface area is 122 Å². The first kappa shape index (κ1) is 14.8. The van der Waals surface area contributed by atoms with E-state index < -0.39 is 0 Å². The van der Waals surface area contributed by atoms with Gasteiger partial charge in [0.2, 0.25) is 0 Å². The second kappa shape index (κ2) is 6.26. The SMILES string of the molecule is COc1cc(C)c(C(=O)Nc2ccc(F)cc2)cc1OC. The molecule has 0 unspecified atom stereocenters. The van der Waals surface area contributed by atoms with Gasteiger partial charge in [-0.3, -0.25) is 4.79 Å². The minimum Gasteiger partial charge on any atom is -0.493 e. The van der Waals surface area contributed by atoms with Gasteiger partial charge in [0.1, 0.15) is 5.82 Å². The van der Waals surface area contributed by atoms with E-state index in [1.807, 2.05) is 6.92 Å². The molecule has 2 rings (SSSR count). The standard InChI is InChI=1S/C16H16FNO3/c1-10-8-14(20-2)15(21-3)9-13(10)16(19)18-12-6-4-11(17)5-7-12/h4-9H,1-3H3,(H,18,19). The number of nitrogens with one attached hydrogen (secondary N) is 1. The number of halogens is 1. The summed E-state index contributed by atoms with van der Waals surface area (Å²) >= 11 is 0. The second-order valence-corrected chi connectivity index (χ2v) is 4.48. The minimum absolute atomic E-state index is 0.292. The Morgan fingerprint density at radius 2 is 1.62 bits per heavy atom. The molecule has 0 aliphatic rings. The third-order valence-corrected chi connectivity index (χ3v) is 3.08. The number of ether oxygens (including phenoxy) is 2. The summed E-state index contributed by atoms with van der Waals surface area (Å²) in [5, 5.41) is 2.71. The molecule has 0 aromatic heterocycles. The molecule has 1 amide bonds. The summed E-state index contributed by atoms with van der Waals surface area (Å²) in [4.78, 5) is 12.3. The van der Waals surface area contributed by atoms with Crippen LogP contribution in [0.2, 0.25) is 0 Å². The quantitative estimate of drug-likeness (QED) is 0.938. The summed E-state index contributed by atoms with van der Waals surface area (Å²) < 4.78 is 23.2. The van der Waals surface area contributed by atoms with Crippen molar-refractivity contribution in [3.8, 4) is 11.5 Å². The zero-order chi connectivity index (χ0) is 15.4. The van der Waals surface area contributed by atoms with Crippen LogP contribution in [0.1, 0.15) is 15.9 Å². The van der Waals surface area contributed by atoms with Gasteiger partial charge < -0.3 is 14.8 Å². The Bertz CT molecular complexity index is 653. The van der Waals surface area contributed by atoms with Crippen molar-refractivity contribution in [3.63, 3.8) is 0 Å². The van der Waals surface area contributed by atoms with Crippen LogP contribution in [0.15, 0.2) is 36.4 Å². The number of carbonyl (C=O) groups is 1. The lowest BCUT2D eigenvalue weighted by molar-refractivity contribution is 0.102. The molecular formula is C16H16FNO3. The van der Waals surface area contributed by atoms with Crippen molar-refractivity contribution in [1.29, 1.82) is 0 Å². The summed E-state index contributed by atoms with van der Waals surface area (Å²) in [5.74, 6) is 0.399. The third-order valence-electron chi connectivity index (χ3n) is 3.08. The van der Waals surface area contributed by atoms with E-state index in [-0.39, 0.29) is 11.7 Å². The van der Waals surface area contributed by atoms with Crippen molar-refractivity contribution in [2.45, 2.75) is 6.92 Å². The number of anilines is 1. The van der Waals surface area contributed by atoms with Crippen molar-refractivity contribution in [2.75, 3.05) is 19.5 Å². The Kier molecular flexibility index (Phi) is 4.42. The van der Waals surface area contributed by atoms with Crippen molar-refractivity contribution in [2.24, 2.45) is 0 Å². The van der Waals surface area contributed by atoms with Crippen LogP contribution >= 0.6 is 0 Å². The second-order valence-electron chi connectivity index (χ2n) is 4.48. The van der Waals surface area contributed by atoms with Gasteiger partial charge in [0.25, 0.3) is 5.91 Å². The van der Waals surface area contributed by atoms with Gasteiger partial charge in [0, 0.05) is 11.3 Å². The van der Waals surface area contributed by atoms with E-state index in [1.165, 1.54) is 38.5 Å². The number of amides is 1. The molecule has 0 aliphatic carbocycles. The van der Waals surface area contributed by atoms with Crippen molar-refractivity contribution in [3.05, 3.63) is 53.3 Å². The number of methoxy groups -OCH3 is 2. The normalized spacial score (nSPS) is 10.1. The van der Waals surface area contributed by atoms with Gasteiger partial charge in [-0.25, -0.2) is 4.39 Å². The maximum atomic E-state index is 12.9. The molecule has 4 nitrogen and oxygen atoms in total. The van der Waals surface area contributed by atoms with E-state index in [0.29, 0.717) is 22.7 Å². The predicted molar refractivity (Wildman–Crippen MR) is 78.6 cm³/mol. The first-order chi connectivity index (χ1) is 10.0. The van der Waals surface area contributed by atoms with Gasteiger partial charge in [-0.2, -0.15) is 0 Å². The largest absolute Gasteiger partial charge is 0.493 e. The molecule has 0 fully saturated rings. The molecule has 0 radical (unpaired) electrons. The van der Waals surface area contributed by atoms with E-state index in [1.54, 1.807) is 12.1 Å². The summed E-state index contributed by atoms with van der Waals surface area (Å²) in [6.07, 6.45) is 0. The highest BCUT2D eigenvalue weighted by Crippen LogP contribution is 2.30. The monoisotopic (exact) mass is 289 g/mol. The average molecular weight is 289 g/mol. The summed E-state index contributed by atoms with van der Waals surface area (Å²) in [7, 11) is 3.05. The fourth-order valence-corrected chi connectivity index (χ4v) is 1.96. The topological polar surface area (TPSA) is 47.6 Å². The highest BCUT2D eigenvalue weighted by molar-refractivity contribution is 6.05. The number of benzene rings is 2. The molecule has 0 heterocycles. The molecule has 2 aromatic rings. The molecule has 0 saturated heterocycles. The molecule has 0 bridgehead atoms. The van der Waals surface area contributed by atoms with Crippen LogP contribution in [0, 0.1) is 12.7 Å². The van der Waals surface area contributed by atoms with Gasteiger partial charge in [-0.15, -0.1) is 0 Å². The number of hydrogen-bond donors (Lipinski definition) is 1. The van der Waals surface area contributed by atoms with Gasteiger partial charge in [-0.05, 0) is 48.9 Å². The van der Waals surface area contributed by atoms with Crippen molar-refractivity contribution < 1.29 is 18.7 Å². The lowest BCUT2D eigenvalue weighted by Crippen LogP contribution is -2.13. The van der Waals surface area contributed by atoms with Crippen molar-refractivity contribution >= 4 is 11.6 Å². The highest BCUT2D eigenvalue weighted by atomic mass is 19.1. The number of carbonyl (C=O) groups excluding carboxylic acids is 1. The molecule has 2 aromatic carbocycles. The summed E-state index contributed by atoms with van der Waals surface area (Å²) in [5.41, 5.74) is 1.75. The molecule has 110 valence electrons. The molecular weight excluding hydrogens is 273 g/mol. The Morgan fingerprint density at radius 3 is 2.19 bits per heavy atom. The molecule has 1 N–H and O–H groups in total. The minimum atomic E-state index is -0.352. The number of aryl methyl sites for hydroxylation is 1. The van der Waals surface area contributed by atoms with Crippen LogP contribution in [-0.4, -0.2) is 20.1 Å². The van der Waals surface area contributed by atoms with Gasteiger partial charge >= 0.3 is 0 Å². The molecule has 21 heavy (non-hydrogen) atoms. The summed E-state index contributed by atoms with van der Waals surface area (Å²) in [6, 6.07) is 8.94. The van der Waals surface area contributed by atoms with Crippen LogP contribution in [-0.2, 0) is 0 Å². The van der Waals surface area contributed by atoms with E-state index >= 15 is 0 Å². The Hall–Kier alpha value is -2.56. The molecule has 0 aliphatic heterocycles. The van der Waals surface area contributed by atoms with E-state index in [4.69, 9.17) is 9.47 Å². The third kappa shape index (κ3) is 3.31. The molecule has 0 saturated carbocycles. The fourth-order valence-electron chi connectivity index (χ4n) is 1.96. The summed E-state index contributed by atoms with van der Waals surface area (Å²) in [6.45, 7) is 1.81. The van der Waals surface area contributed by atoms with Crippen LogP contribution in [0.5, 0.6) is 11.5 Å². The van der Waals surface area contributed by atoms with E-state index in [0.717, 1.165) is 5.56 Å². The molecule has 0 spiro atoms. The van der Waals surface area contributed by atoms with Crippen molar-refractivity contribution in [1.82, 2.24) is 0 Å². The Balaban J connectivity index is 2.28. The van der Waals surface area contributed by atoms with Crippen LogP contribution in [0.4, 0.5) is 10.1 Å². The van der Waals surface area contributed by atoms with Crippen LogP contribution < -0.4 is 14.8 Å². The lowest BCUT2D eigenvalue weighted by atomic mass is 10.1. The van der Waals surface area contributed by atoms with Crippen LogP contribution in [0.25, 0.3) is 0 Å². The van der Waals surface area contributed by atoms with Gasteiger partial charge in [-0.1, -0.05) is 0 Å². The molecule has 0 atom stereocenters. The smallest absolute Gasteiger partial charge is 0.256 e. The molecule has 5 heteroatoms. The number of hydrogen-bond acceptors (Lipinski definition) is 3. The average Bonchev–Trinajstić information content (AvgIpc) is 2.49. The predicted octanol–water partition coefficient (Wildman–Crippen LogP) is 3.40. The van der Waals surface area contributed by atoms with Gasteiger partial charge in [0.15, 0.2) is 11.5 Å². The maximum Gasteiger partial charge on any atom is 0.256 e.